The topological polar surface area (TPSA) is 53.8 Å². The van der Waals surface area contributed by atoms with E-state index in [0.717, 1.165) is 0 Å². The lowest BCUT2D eigenvalue weighted by Crippen LogP contribution is -2.30. The summed E-state index contributed by atoms with van der Waals surface area (Å²) in [5.41, 5.74) is -0.935. The second kappa shape index (κ2) is 3.77. The zero-order valence-corrected chi connectivity index (χ0v) is 8.67. The first-order valence-electron chi connectivity index (χ1n) is 4.05. The van der Waals surface area contributed by atoms with E-state index >= 15 is 0 Å². The van der Waals surface area contributed by atoms with Gasteiger partial charge in [-0.25, -0.2) is 0 Å². The predicted octanol–water partition coefficient (Wildman–Crippen LogP) is 2.11. The SMILES string of the molecule is CC(=O)C(C)(C#N)c1ncccc1Cl. The molecular formula is C10H9ClN2O. The Kier molecular flexibility index (Phi) is 2.87. The van der Waals surface area contributed by atoms with E-state index in [2.05, 4.69) is 4.98 Å². The van der Waals surface area contributed by atoms with E-state index in [4.69, 9.17) is 16.9 Å². The summed E-state index contributed by atoms with van der Waals surface area (Å²) in [5.74, 6) is -0.263. The molecule has 1 aromatic rings. The van der Waals surface area contributed by atoms with Gasteiger partial charge in [-0.15, -0.1) is 0 Å². The molecule has 14 heavy (non-hydrogen) atoms. The van der Waals surface area contributed by atoms with E-state index in [1.165, 1.54) is 20.0 Å². The molecule has 1 atom stereocenters. The summed E-state index contributed by atoms with van der Waals surface area (Å²) >= 11 is 5.87. The summed E-state index contributed by atoms with van der Waals surface area (Å²) < 4.78 is 0. The van der Waals surface area contributed by atoms with Gasteiger partial charge in [0, 0.05) is 6.20 Å². The first-order chi connectivity index (χ1) is 6.52. The summed E-state index contributed by atoms with van der Waals surface area (Å²) in [7, 11) is 0. The number of rotatable bonds is 2. The normalized spacial score (nSPS) is 14.1. The highest BCUT2D eigenvalue weighted by atomic mass is 35.5. The Hall–Kier alpha value is -1.40. The monoisotopic (exact) mass is 208 g/mol. The predicted molar refractivity (Wildman–Crippen MR) is 52.9 cm³/mol. The molecular weight excluding hydrogens is 200 g/mol. The van der Waals surface area contributed by atoms with Gasteiger partial charge in [0.05, 0.1) is 16.8 Å². The third-order valence-corrected chi connectivity index (χ3v) is 2.46. The van der Waals surface area contributed by atoms with Crippen molar-refractivity contribution in [3.05, 3.63) is 29.0 Å². The average Bonchev–Trinajstić information content (AvgIpc) is 2.17. The van der Waals surface area contributed by atoms with Crippen LogP contribution in [0.5, 0.6) is 0 Å². The van der Waals surface area contributed by atoms with E-state index in [1.807, 2.05) is 6.07 Å². The van der Waals surface area contributed by atoms with Gasteiger partial charge < -0.3 is 0 Å². The Morgan fingerprint density at radius 1 is 1.71 bits per heavy atom. The highest BCUT2D eigenvalue weighted by molar-refractivity contribution is 6.31. The fraction of sp³-hybridized carbons (Fsp3) is 0.300. The Morgan fingerprint density at radius 2 is 2.36 bits per heavy atom. The summed E-state index contributed by atoms with van der Waals surface area (Å²) in [6, 6.07) is 5.21. The van der Waals surface area contributed by atoms with Crippen molar-refractivity contribution in [3.8, 4) is 6.07 Å². The van der Waals surface area contributed by atoms with Gasteiger partial charge in [0.1, 0.15) is 0 Å². The molecule has 0 amide bonds. The van der Waals surface area contributed by atoms with Crippen molar-refractivity contribution >= 4 is 17.4 Å². The molecule has 0 bridgehead atoms. The Labute approximate surface area is 87.3 Å². The number of Topliss-reactive ketones (excluding diaryl/α,β-unsaturated/α-hetero) is 1. The van der Waals surface area contributed by atoms with Crippen LogP contribution in [0.15, 0.2) is 18.3 Å². The van der Waals surface area contributed by atoms with Gasteiger partial charge in [-0.3, -0.25) is 9.78 Å². The van der Waals surface area contributed by atoms with E-state index in [-0.39, 0.29) is 5.78 Å². The first kappa shape index (κ1) is 10.7. The van der Waals surface area contributed by atoms with Gasteiger partial charge >= 0.3 is 0 Å². The fourth-order valence-corrected chi connectivity index (χ4v) is 1.36. The van der Waals surface area contributed by atoms with Crippen molar-refractivity contribution in [2.45, 2.75) is 19.3 Å². The molecule has 0 spiro atoms. The zero-order chi connectivity index (χ0) is 10.8. The van der Waals surface area contributed by atoms with Gasteiger partial charge in [0.2, 0.25) is 0 Å². The number of aromatic nitrogens is 1. The molecule has 0 aliphatic carbocycles. The molecule has 1 rings (SSSR count). The third-order valence-electron chi connectivity index (χ3n) is 2.16. The van der Waals surface area contributed by atoms with Crippen molar-refractivity contribution < 1.29 is 4.79 Å². The molecule has 4 heteroatoms. The largest absolute Gasteiger partial charge is 0.298 e. The first-order valence-corrected chi connectivity index (χ1v) is 4.43. The van der Waals surface area contributed by atoms with Crippen molar-refractivity contribution in [1.82, 2.24) is 4.98 Å². The zero-order valence-electron chi connectivity index (χ0n) is 7.91. The van der Waals surface area contributed by atoms with Gasteiger partial charge in [-0.1, -0.05) is 11.6 Å². The number of nitrogens with zero attached hydrogens (tertiary/aromatic N) is 2. The van der Waals surface area contributed by atoms with Crippen LogP contribution in [-0.2, 0) is 10.2 Å². The van der Waals surface area contributed by atoms with Gasteiger partial charge in [-0.2, -0.15) is 5.26 Å². The smallest absolute Gasteiger partial charge is 0.155 e. The van der Waals surface area contributed by atoms with Crippen LogP contribution < -0.4 is 0 Å². The van der Waals surface area contributed by atoms with Crippen LogP contribution in [-0.4, -0.2) is 10.8 Å². The number of nitriles is 1. The van der Waals surface area contributed by atoms with E-state index in [1.54, 1.807) is 12.1 Å². The summed E-state index contributed by atoms with van der Waals surface area (Å²) in [5, 5.41) is 9.30. The van der Waals surface area contributed by atoms with Crippen LogP contribution in [0.25, 0.3) is 0 Å². The molecule has 1 unspecified atom stereocenters. The molecule has 0 saturated heterocycles. The maximum absolute atomic E-state index is 11.3. The second-order valence-corrected chi connectivity index (χ2v) is 3.53. The fourth-order valence-electron chi connectivity index (χ4n) is 1.05. The molecule has 3 nitrogen and oxygen atoms in total. The Morgan fingerprint density at radius 3 is 2.79 bits per heavy atom. The number of pyridine rings is 1. The van der Waals surface area contributed by atoms with Crippen LogP contribution in [0.2, 0.25) is 5.02 Å². The minimum Gasteiger partial charge on any atom is -0.298 e. The lowest BCUT2D eigenvalue weighted by molar-refractivity contribution is -0.120. The van der Waals surface area contributed by atoms with Crippen LogP contribution >= 0.6 is 11.6 Å². The molecule has 0 aliphatic rings. The molecule has 72 valence electrons. The average molecular weight is 209 g/mol. The highest BCUT2D eigenvalue weighted by Crippen LogP contribution is 2.28. The van der Waals surface area contributed by atoms with Crippen molar-refractivity contribution in [3.63, 3.8) is 0 Å². The quantitative estimate of drug-likeness (QED) is 0.748. The number of halogens is 1. The lowest BCUT2D eigenvalue weighted by atomic mass is 9.84. The van der Waals surface area contributed by atoms with Crippen LogP contribution in [0, 0.1) is 11.3 Å². The number of ketones is 1. The maximum Gasteiger partial charge on any atom is 0.155 e. The highest BCUT2D eigenvalue weighted by Gasteiger charge is 2.35. The summed E-state index contributed by atoms with van der Waals surface area (Å²) in [6.45, 7) is 2.87. The molecule has 0 saturated carbocycles. The minimum absolute atomic E-state index is 0.263. The van der Waals surface area contributed by atoms with E-state index in [9.17, 15) is 4.79 Å². The molecule has 0 radical (unpaired) electrons. The Bertz CT molecular complexity index is 411. The summed E-state index contributed by atoms with van der Waals surface area (Å²) in [4.78, 5) is 15.3. The van der Waals surface area contributed by atoms with Crippen molar-refractivity contribution in [1.29, 1.82) is 5.26 Å². The van der Waals surface area contributed by atoms with E-state index < -0.39 is 5.41 Å². The standard InChI is InChI=1S/C10H9ClN2O/c1-7(14)10(2,6-12)9-8(11)4-3-5-13-9/h3-5H,1-2H3. The second-order valence-electron chi connectivity index (χ2n) is 3.13. The minimum atomic E-state index is -1.25. The third kappa shape index (κ3) is 1.61. The van der Waals surface area contributed by atoms with Crippen molar-refractivity contribution in [2.75, 3.05) is 0 Å². The molecule has 0 aromatic carbocycles. The molecule has 1 heterocycles. The van der Waals surface area contributed by atoms with Gasteiger partial charge in [0.25, 0.3) is 0 Å². The number of hydrogen-bond acceptors (Lipinski definition) is 3. The number of carbonyl (C=O) groups is 1. The lowest BCUT2D eigenvalue weighted by Gasteiger charge is -2.17. The van der Waals surface area contributed by atoms with Gasteiger partial charge in [0.15, 0.2) is 11.2 Å². The van der Waals surface area contributed by atoms with Crippen molar-refractivity contribution in [2.24, 2.45) is 0 Å². The van der Waals surface area contributed by atoms with E-state index in [0.29, 0.717) is 10.7 Å². The molecule has 0 N–H and O–H groups in total. The number of hydrogen-bond donors (Lipinski definition) is 0. The molecule has 1 aromatic heterocycles. The van der Waals surface area contributed by atoms with Crippen LogP contribution in [0.1, 0.15) is 19.5 Å². The van der Waals surface area contributed by atoms with Crippen LogP contribution in [0.3, 0.4) is 0 Å². The summed E-state index contributed by atoms with van der Waals surface area (Å²) in [6.07, 6.45) is 1.51. The Balaban J connectivity index is 3.36. The van der Waals surface area contributed by atoms with Crippen LogP contribution in [0.4, 0.5) is 0 Å². The number of carbonyl (C=O) groups excluding carboxylic acids is 1. The molecule has 0 fully saturated rings. The van der Waals surface area contributed by atoms with Gasteiger partial charge in [-0.05, 0) is 26.0 Å². The molecule has 0 aliphatic heterocycles. The maximum atomic E-state index is 11.3.